The fraction of sp³-hybridized carbons (Fsp3) is 0.538. The predicted octanol–water partition coefficient (Wildman–Crippen LogP) is 6.52. The Hall–Kier alpha value is -5.14. The lowest BCUT2D eigenvalue weighted by Crippen LogP contribution is -2.26. The fourth-order valence-electron chi connectivity index (χ4n) is 5.25. The van der Waals surface area contributed by atoms with Crippen molar-refractivity contribution >= 4 is 36.1 Å². The third-order valence-corrected chi connectivity index (χ3v) is 7.77. The molecule has 0 saturated heterocycles. The molecule has 0 aliphatic carbocycles. The average Bonchev–Trinajstić information content (AvgIpc) is 3.08. The molecular weight excluding hydrogens is 688 g/mol. The van der Waals surface area contributed by atoms with Gasteiger partial charge in [-0.2, -0.15) is 0 Å². The summed E-state index contributed by atoms with van der Waals surface area (Å²) in [6.45, 7) is 11.5. The molecule has 0 heterocycles. The lowest BCUT2D eigenvalue weighted by molar-refractivity contribution is -0.143. The van der Waals surface area contributed by atoms with Gasteiger partial charge in [-0.05, 0) is 130 Å². The number of unbranched alkanes of at least 4 members (excludes halogenated alkanes) is 4. The molecule has 292 valence electrons. The maximum atomic E-state index is 12.3. The highest BCUT2D eigenvalue weighted by molar-refractivity contribution is 5.74. The number of ether oxygens (including phenoxy) is 6. The first-order chi connectivity index (χ1) is 25.2. The molecule has 2 rings (SSSR count). The molecule has 0 aromatic heterocycles. The summed E-state index contributed by atoms with van der Waals surface area (Å²) in [5, 5.41) is 5.32. The highest BCUT2D eigenvalue weighted by Crippen LogP contribution is 2.27. The zero-order valence-electron chi connectivity index (χ0n) is 31.8. The van der Waals surface area contributed by atoms with Crippen LogP contribution in [0.1, 0.15) is 105 Å². The molecule has 0 aliphatic heterocycles. The molecule has 14 nitrogen and oxygen atoms in total. The number of hydrogen-bond donors (Lipinski definition) is 2. The number of rotatable bonds is 22. The van der Waals surface area contributed by atoms with Crippen molar-refractivity contribution in [3.63, 3.8) is 0 Å². The summed E-state index contributed by atoms with van der Waals surface area (Å²) in [7, 11) is 0. The van der Waals surface area contributed by atoms with Gasteiger partial charge in [-0.15, -0.1) is 0 Å². The van der Waals surface area contributed by atoms with Crippen LogP contribution in [0.15, 0.2) is 24.3 Å². The number of carbonyl (C=O) groups is 6. The smallest absolute Gasteiger partial charge is 0.407 e. The number of benzene rings is 2. The monoisotopic (exact) mass is 742 g/mol. The number of alkyl carbamates (subject to hydrolysis) is 2. The Kier molecular flexibility index (Phi) is 20.1. The second-order valence-electron chi connectivity index (χ2n) is 12.7. The SMILES string of the molecule is CC(=O)OCc1cc(C)c(OC(=O)CCCCNC(=O)OCCCCCOC(=O)NCCCCC(=O)Oc2c(C)cc(COC(C)=O)cc2C)c(C)c1. The molecule has 0 spiro atoms. The first-order valence-electron chi connectivity index (χ1n) is 17.9. The van der Waals surface area contributed by atoms with Gasteiger partial charge in [-0.3, -0.25) is 19.2 Å². The lowest BCUT2D eigenvalue weighted by atomic mass is 10.1. The van der Waals surface area contributed by atoms with Crippen molar-refractivity contribution in [2.75, 3.05) is 26.3 Å². The van der Waals surface area contributed by atoms with Gasteiger partial charge >= 0.3 is 36.1 Å². The molecule has 0 fully saturated rings. The molecule has 2 N–H and O–H groups in total. The Labute approximate surface area is 311 Å². The normalized spacial score (nSPS) is 10.5. The van der Waals surface area contributed by atoms with Crippen LogP contribution in [-0.4, -0.2) is 62.4 Å². The molecule has 14 heteroatoms. The summed E-state index contributed by atoms with van der Waals surface area (Å²) < 4.78 is 31.5. The van der Waals surface area contributed by atoms with E-state index in [2.05, 4.69) is 10.6 Å². The van der Waals surface area contributed by atoms with Crippen molar-refractivity contribution in [3.8, 4) is 11.5 Å². The summed E-state index contributed by atoms with van der Waals surface area (Å²) in [4.78, 5) is 70.6. The Morgan fingerprint density at radius 2 is 0.849 bits per heavy atom. The van der Waals surface area contributed by atoms with E-state index < -0.39 is 12.2 Å². The van der Waals surface area contributed by atoms with E-state index in [4.69, 9.17) is 28.4 Å². The molecule has 0 unspecified atom stereocenters. The minimum Gasteiger partial charge on any atom is -0.461 e. The summed E-state index contributed by atoms with van der Waals surface area (Å²) in [5.41, 5.74) is 4.72. The van der Waals surface area contributed by atoms with E-state index in [1.165, 1.54) is 13.8 Å². The number of amides is 2. The number of esters is 4. The maximum absolute atomic E-state index is 12.3. The average molecular weight is 743 g/mol. The van der Waals surface area contributed by atoms with Crippen LogP contribution in [0.3, 0.4) is 0 Å². The molecule has 0 radical (unpaired) electrons. The number of hydrogen-bond acceptors (Lipinski definition) is 12. The van der Waals surface area contributed by atoms with Crippen molar-refractivity contribution < 1.29 is 57.2 Å². The van der Waals surface area contributed by atoms with E-state index in [1.54, 1.807) is 0 Å². The summed E-state index contributed by atoms with van der Waals surface area (Å²) >= 11 is 0. The number of aryl methyl sites for hydroxylation is 4. The van der Waals surface area contributed by atoms with Crippen LogP contribution in [0.2, 0.25) is 0 Å². The van der Waals surface area contributed by atoms with E-state index in [0.717, 1.165) is 33.4 Å². The third-order valence-electron chi connectivity index (χ3n) is 7.77. The first kappa shape index (κ1) is 44.0. The molecule has 0 aliphatic rings. The van der Waals surface area contributed by atoms with E-state index in [-0.39, 0.29) is 63.1 Å². The third kappa shape index (κ3) is 18.8. The molecule has 0 atom stereocenters. The maximum Gasteiger partial charge on any atom is 0.407 e. The zero-order valence-corrected chi connectivity index (χ0v) is 31.8. The fourth-order valence-corrected chi connectivity index (χ4v) is 5.25. The molecule has 53 heavy (non-hydrogen) atoms. The Morgan fingerprint density at radius 1 is 0.491 bits per heavy atom. The molecule has 2 aromatic rings. The van der Waals surface area contributed by atoms with Crippen molar-refractivity contribution in [1.29, 1.82) is 0 Å². The molecular formula is C39H54N2O12. The summed E-state index contributed by atoms with van der Waals surface area (Å²) in [5.74, 6) is -0.478. The van der Waals surface area contributed by atoms with Gasteiger partial charge in [0.05, 0.1) is 13.2 Å². The van der Waals surface area contributed by atoms with Gasteiger partial charge in [0.1, 0.15) is 24.7 Å². The highest BCUT2D eigenvalue weighted by atomic mass is 16.6. The quantitative estimate of drug-likeness (QED) is 0.0578. The molecule has 2 aromatic carbocycles. The van der Waals surface area contributed by atoms with Gasteiger partial charge in [-0.1, -0.05) is 0 Å². The Balaban J connectivity index is 1.44. The van der Waals surface area contributed by atoms with Gasteiger partial charge in [-0.25, -0.2) is 9.59 Å². The van der Waals surface area contributed by atoms with Crippen molar-refractivity contribution in [2.24, 2.45) is 0 Å². The van der Waals surface area contributed by atoms with Gasteiger partial charge in [0, 0.05) is 39.8 Å². The van der Waals surface area contributed by atoms with Gasteiger partial charge < -0.3 is 39.1 Å². The minimum absolute atomic E-state index is 0.157. The standard InChI is InChI=1S/C39H54N2O12/c1-26-20-32(24-50-30(5)42)21-27(2)36(26)52-34(44)14-8-10-16-40-38(46)48-18-12-7-13-19-49-39(47)41-17-11-9-15-35(45)53-37-28(3)22-33(23-29(37)4)25-51-31(6)43/h20-23H,7-19,24-25H2,1-6H3,(H,40,46)(H,41,47). The van der Waals surface area contributed by atoms with E-state index in [0.29, 0.717) is 69.5 Å². The lowest BCUT2D eigenvalue weighted by Gasteiger charge is -2.13. The Morgan fingerprint density at radius 3 is 1.19 bits per heavy atom. The van der Waals surface area contributed by atoms with Crippen molar-refractivity contribution in [3.05, 3.63) is 57.6 Å². The van der Waals surface area contributed by atoms with E-state index >= 15 is 0 Å². The van der Waals surface area contributed by atoms with Crippen LogP contribution in [0.5, 0.6) is 11.5 Å². The molecule has 2 amide bonds. The summed E-state index contributed by atoms with van der Waals surface area (Å²) in [6, 6.07) is 7.27. The van der Waals surface area contributed by atoms with Gasteiger partial charge in [0.25, 0.3) is 0 Å². The molecule has 0 bridgehead atoms. The van der Waals surface area contributed by atoms with Crippen LogP contribution >= 0.6 is 0 Å². The van der Waals surface area contributed by atoms with E-state index in [9.17, 15) is 28.8 Å². The largest absolute Gasteiger partial charge is 0.461 e. The van der Waals surface area contributed by atoms with Crippen LogP contribution in [0, 0.1) is 27.7 Å². The van der Waals surface area contributed by atoms with Crippen molar-refractivity contribution in [1.82, 2.24) is 10.6 Å². The number of nitrogens with one attached hydrogen (secondary N) is 2. The van der Waals surface area contributed by atoms with Crippen molar-refractivity contribution in [2.45, 2.75) is 113 Å². The van der Waals surface area contributed by atoms with Crippen LogP contribution < -0.4 is 20.1 Å². The van der Waals surface area contributed by atoms with E-state index in [1.807, 2.05) is 52.0 Å². The minimum atomic E-state index is -0.534. The van der Waals surface area contributed by atoms with Gasteiger partial charge in [0.2, 0.25) is 0 Å². The summed E-state index contributed by atoms with van der Waals surface area (Å²) in [6.07, 6.45) is 3.46. The zero-order chi connectivity index (χ0) is 39.2. The second-order valence-corrected chi connectivity index (χ2v) is 12.7. The van der Waals surface area contributed by atoms with Gasteiger partial charge in [0.15, 0.2) is 0 Å². The molecule has 0 saturated carbocycles. The highest BCUT2D eigenvalue weighted by Gasteiger charge is 2.14. The first-order valence-corrected chi connectivity index (χ1v) is 17.9. The Bertz CT molecular complexity index is 1400. The van der Waals surface area contributed by atoms with Crippen LogP contribution in [0.4, 0.5) is 9.59 Å². The topological polar surface area (TPSA) is 182 Å². The van der Waals surface area contributed by atoms with Crippen LogP contribution in [-0.2, 0) is 51.3 Å². The van der Waals surface area contributed by atoms with Crippen LogP contribution in [0.25, 0.3) is 0 Å². The number of carbonyl (C=O) groups excluding carboxylic acids is 6. The predicted molar refractivity (Wildman–Crippen MR) is 194 cm³/mol. The second kappa shape index (κ2) is 24.2.